The molecule has 1 fully saturated rings. The molecule has 0 saturated heterocycles. The highest BCUT2D eigenvalue weighted by molar-refractivity contribution is 7.91. The maximum absolute atomic E-state index is 12.4. The smallest absolute Gasteiger partial charge is 0.179 e. The fourth-order valence-corrected chi connectivity index (χ4v) is 6.32. The molecule has 1 aromatic carbocycles. The third-order valence-corrected chi connectivity index (χ3v) is 7.65. The molecule has 0 aromatic heterocycles. The molecule has 1 aromatic rings. The average molecular weight is 307 g/mol. The molecule has 21 heavy (non-hydrogen) atoms. The molecule has 1 atom stereocenters. The van der Waals surface area contributed by atoms with E-state index >= 15 is 0 Å². The summed E-state index contributed by atoms with van der Waals surface area (Å²) in [5.74, 6) is 1.12. The summed E-state index contributed by atoms with van der Waals surface area (Å²) in [6.07, 6.45) is 5.73. The molecule has 0 bridgehead atoms. The summed E-state index contributed by atoms with van der Waals surface area (Å²) in [5.41, 5.74) is 7.15. The van der Waals surface area contributed by atoms with Crippen molar-refractivity contribution in [3.63, 3.8) is 0 Å². The first kappa shape index (κ1) is 15.0. The molecule has 3 rings (SSSR count). The zero-order chi connectivity index (χ0) is 15.1. The van der Waals surface area contributed by atoms with E-state index in [2.05, 4.69) is 6.92 Å². The van der Waals surface area contributed by atoms with Gasteiger partial charge in [0.05, 0.1) is 10.6 Å². The van der Waals surface area contributed by atoms with E-state index in [9.17, 15) is 8.42 Å². The number of fused-ring (bicyclic) bond motifs is 1. The average Bonchev–Trinajstić information content (AvgIpc) is 2.80. The van der Waals surface area contributed by atoms with Crippen molar-refractivity contribution in [2.45, 2.75) is 49.8 Å². The van der Waals surface area contributed by atoms with E-state index in [0.29, 0.717) is 11.4 Å². The molecule has 1 aliphatic carbocycles. The zero-order valence-electron chi connectivity index (χ0n) is 12.7. The van der Waals surface area contributed by atoms with Crippen LogP contribution in [0.4, 0.5) is 0 Å². The van der Waals surface area contributed by atoms with Crippen LogP contribution in [0.3, 0.4) is 0 Å². The molecule has 2 N–H and O–H groups in total. The molecular weight excluding hydrogens is 282 g/mol. The number of benzene rings is 1. The molecule has 0 radical (unpaired) electrons. The van der Waals surface area contributed by atoms with Gasteiger partial charge in [0.1, 0.15) is 0 Å². The lowest BCUT2D eigenvalue weighted by Crippen LogP contribution is -2.40. The molecule has 0 spiro atoms. The van der Waals surface area contributed by atoms with Crippen molar-refractivity contribution in [1.82, 2.24) is 0 Å². The van der Waals surface area contributed by atoms with Crippen molar-refractivity contribution in [2.24, 2.45) is 17.1 Å². The van der Waals surface area contributed by atoms with Gasteiger partial charge in [0, 0.05) is 5.92 Å². The SMILES string of the molecule is CCC1CCC(CN)(C2CS(=O)(=O)c3ccccc32)CC1. The summed E-state index contributed by atoms with van der Waals surface area (Å²) >= 11 is 0. The van der Waals surface area contributed by atoms with Crippen LogP contribution in [0.25, 0.3) is 0 Å². The van der Waals surface area contributed by atoms with E-state index in [1.165, 1.54) is 19.3 Å². The predicted octanol–water partition coefficient (Wildman–Crippen LogP) is 3.10. The van der Waals surface area contributed by atoms with Crippen molar-refractivity contribution in [3.05, 3.63) is 29.8 Å². The third kappa shape index (κ3) is 2.42. The minimum atomic E-state index is -3.13. The van der Waals surface area contributed by atoms with E-state index in [4.69, 9.17) is 5.73 Å². The van der Waals surface area contributed by atoms with Crippen LogP contribution in [-0.4, -0.2) is 20.7 Å². The van der Waals surface area contributed by atoms with Gasteiger partial charge in [0.15, 0.2) is 9.84 Å². The summed E-state index contributed by atoms with van der Waals surface area (Å²) < 4.78 is 24.9. The van der Waals surface area contributed by atoms with Crippen LogP contribution >= 0.6 is 0 Å². The summed E-state index contributed by atoms with van der Waals surface area (Å²) in [5, 5.41) is 0. The van der Waals surface area contributed by atoms with Crippen LogP contribution in [0.5, 0.6) is 0 Å². The van der Waals surface area contributed by atoms with Gasteiger partial charge in [-0.05, 0) is 55.2 Å². The normalized spacial score (nSPS) is 34.6. The summed E-state index contributed by atoms with van der Waals surface area (Å²) in [4.78, 5) is 0.542. The van der Waals surface area contributed by atoms with E-state index in [1.54, 1.807) is 6.07 Å². The first-order chi connectivity index (χ1) is 10.0. The molecule has 2 aliphatic rings. The van der Waals surface area contributed by atoms with Gasteiger partial charge in [-0.1, -0.05) is 31.5 Å². The Morgan fingerprint density at radius 2 is 1.90 bits per heavy atom. The highest BCUT2D eigenvalue weighted by Crippen LogP contribution is 2.53. The Kier molecular flexibility index (Phi) is 3.87. The van der Waals surface area contributed by atoms with Crippen LogP contribution in [0.1, 0.15) is 50.5 Å². The quantitative estimate of drug-likeness (QED) is 0.933. The van der Waals surface area contributed by atoms with Gasteiger partial charge in [-0.25, -0.2) is 8.42 Å². The van der Waals surface area contributed by atoms with Crippen LogP contribution in [-0.2, 0) is 9.84 Å². The molecule has 1 unspecified atom stereocenters. The molecule has 0 amide bonds. The topological polar surface area (TPSA) is 60.2 Å². The largest absolute Gasteiger partial charge is 0.330 e. The maximum atomic E-state index is 12.4. The number of sulfone groups is 1. The lowest BCUT2D eigenvalue weighted by Gasteiger charge is -2.43. The van der Waals surface area contributed by atoms with Crippen molar-refractivity contribution >= 4 is 9.84 Å². The van der Waals surface area contributed by atoms with Gasteiger partial charge in [-0.3, -0.25) is 0 Å². The predicted molar refractivity (Wildman–Crippen MR) is 85.0 cm³/mol. The molecular formula is C17H25NO2S. The van der Waals surface area contributed by atoms with Crippen molar-refractivity contribution in [1.29, 1.82) is 0 Å². The Hall–Kier alpha value is -0.870. The minimum Gasteiger partial charge on any atom is -0.330 e. The highest BCUT2D eigenvalue weighted by atomic mass is 32.2. The number of nitrogens with two attached hydrogens (primary N) is 1. The molecule has 4 heteroatoms. The van der Waals surface area contributed by atoms with E-state index in [0.717, 1.165) is 24.3 Å². The Morgan fingerprint density at radius 3 is 2.52 bits per heavy atom. The zero-order valence-corrected chi connectivity index (χ0v) is 13.5. The first-order valence-electron chi connectivity index (χ1n) is 8.04. The van der Waals surface area contributed by atoms with E-state index < -0.39 is 9.84 Å². The number of hydrogen-bond donors (Lipinski definition) is 1. The van der Waals surface area contributed by atoms with Crippen molar-refractivity contribution in [3.8, 4) is 0 Å². The van der Waals surface area contributed by atoms with Gasteiger partial charge in [-0.15, -0.1) is 0 Å². The van der Waals surface area contributed by atoms with E-state index in [1.807, 2.05) is 18.2 Å². The fraction of sp³-hybridized carbons (Fsp3) is 0.647. The molecule has 116 valence electrons. The lowest BCUT2D eigenvalue weighted by atomic mass is 9.62. The number of rotatable bonds is 3. The number of hydrogen-bond acceptors (Lipinski definition) is 3. The van der Waals surface area contributed by atoms with Crippen LogP contribution < -0.4 is 5.73 Å². The monoisotopic (exact) mass is 307 g/mol. The Morgan fingerprint density at radius 1 is 1.24 bits per heavy atom. The molecule has 3 nitrogen and oxygen atoms in total. The van der Waals surface area contributed by atoms with Gasteiger partial charge in [0.25, 0.3) is 0 Å². The van der Waals surface area contributed by atoms with Crippen LogP contribution in [0.15, 0.2) is 29.2 Å². The van der Waals surface area contributed by atoms with Gasteiger partial charge < -0.3 is 5.73 Å². The standard InChI is InChI=1S/C17H25NO2S/c1-2-13-7-9-17(12-18,10-8-13)15-11-21(19,20)16-6-4-3-5-14(15)16/h3-6,13,15H,2,7-12,18H2,1H3. The van der Waals surface area contributed by atoms with E-state index in [-0.39, 0.29) is 17.1 Å². The molecule has 1 aliphatic heterocycles. The van der Waals surface area contributed by atoms with Gasteiger partial charge >= 0.3 is 0 Å². The molecule has 1 saturated carbocycles. The Balaban J connectivity index is 1.97. The summed E-state index contributed by atoms with van der Waals surface area (Å²) in [6, 6.07) is 7.52. The fourth-order valence-electron chi connectivity index (χ4n) is 4.31. The summed E-state index contributed by atoms with van der Waals surface area (Å²) in [6.45, 7) is 2.84. The second-order valence-corrected chi connectivity index (χ2v) is 8.79. The molecule has 1 heterocycles. The van der Waals surface area contributed by atoms with Crippen molar-refractivity contribution in [2.75, 3.05) is 12.3 Å². The van der Waals surface area contributed by atoms with Gasteiger partial charge in [-0.2, -0.15) is 0 Å². The van der Waals surface area contributed by atoms with Crippen LogP contribution in [0, 0.1) is 11.3 Å². The maximum Gasteiger partial charge on any atom is 0.179 e. The highest BCUT2D eigenvalue weighted by Gasteiger charge is 2.48. The van der Waals surface area contributed by atoms with Crippen LogP contribution in [0.2, 0.25) is 0 Å². The first-order valence-corrected chi connectivity index (χ1v) is 9.69. The Bertz CT molecular complexity index is 615. The van der Waals surface area contributed by atoms with Crippen molar-refractivity contribution < 1.29 is 8.42 Å². The van der Waals surface area contributed by atoms with Gasteiger partial charge in [0.2, 0.25) is 0 Å². The summed E-state index contributed by atoms with van der Waals surface area (Å²) in [7, 11) is -3.13. The second-order valence-electron chi connectivity index (χ2n) is 6.79. The Labute approximate surface area is 127 Å². The second kappa shape index (κ2) is 5.40. The minimum absolute atomic E-state index is 0.0225. The lowest BCUT2D eigenvalue weighted by molar-refractivity contribution is 0.127. The third-order valence-electron chi connectivity index (χ3n) is 5.84.